The Kier molecular flexibility index (Phi) is 2.97. The van der Waals surface area contributed by atoms with Crippen molar-refractivity contribution < 1.29 is 19.4 Å². The highest BCUT2D eigenvalue weighted by Gasteiger charge is 2.20. The molecule has 116 valence electrons. The zero-order valence-electron chi connectivity index (χ0n) is 12.4. The second-order valence-electron chi connectivity index (χ2n) is 5.48. The molecule has 0 bridgehead atoms. The van der Waals surface area contributed by atoms with E-state index in [0.717, 1.165) is 16.8 Å². The van der Waals surface area contributed by atoms with Gasteiger partial charge in [-0.25, -0.2) is 4.98 Å². The van der Waals surface area contributed by atoms with Crippen molar-refractivity contribution in [2.45, 2.75) is 13.3 Å². The van der Waals surface area contributed by atoms with E-state index in [1.54, 1.807) is 0 Å². The number of carbonyl (C=O) groups is 1. The van der Waals surface area contributed by atoms with Gasteiger partial charge in [-0.1, -0.05) is 0 Å². The van der Waals surface area contributed by atoms with Crippen molar-refractivity contribution in [2.24, 2.45) is 0 Å². The van der Waals surface area contributed by atoms with E-state index in [9.17, 15) is 9.90 Å². The molecule has 0 aliphatic carbocycles. The number of carboxylic acids is 1. The van der Waals surface area contributed by atoms with Crippen molar-refractivity contribution in [1.29, 1.82) is 0 Å². The summed E-state index contributed by atoms with van der Waals surface area (Å²) in [6.07, 6.45) is 1.75. The molecule has 2 aromatic heterocycles. The van der Waals surface area contributed by atoms with Crippen molar-refractivity contribution in [1.82, 2.24) is 9.38 Å². The summed E-state index contributed by atoms with van der Waals surface area (Å²) >= 11 is 0. The molecule has 0 amide bonds. The van der Waals surface area contributed by atoms with Crippen molar-refractivity contribution >= 4 is 11.6 Å². The van der Waals surface area contributed by atoms with Gasteiger partial charge in [0, 0.05) is 11.8 Å². The molecule has 6 nitrogen and oxygen atoms in total. The first kappa shape index (κ1) is 13.6. The maximum absolute atomic E-state index is 11.3. The van der Waals surface area contributed by atoms with Crippen LogP contribution >= 0.6 is 0 Å². The van der Waals surface area contributed by atoms with Crippen LogP contribution in [0.25, 0.3) is 16.9 Å². The van der Waals surface area contributed by atoms with Crippen LogP contribution in [-0.2, 0) is 11.2 Å². The zero-order chi connectivity index (χ0) is 16.0. The Bertz CT molecular complexity index is 930. The van der Waals surface area contributed by atoms with Crippen molar-refractivity contribution in [3.63, 3.8) is 0 Å². The number of benzene rings is 1. The molecule has 6 heteroatoms. The largest absolute Gasteiger partial charge is 0.481 e. The van der Waals surface area contributed by atoms with Gasteiger partial charge in [0.2, 0.25) is 6.79 Å². The Labute approximate surface area is 131 Å². The molecule has 4 rings (SSSR count). The molecule has 0 atom stereocenters. The first-order valence-electron chi connectivity index (χ1n) is 7.21. The number of aliphatic carboxylic acids is 1. The third-order valence-electron chi connectivity index (χ3n) is 3.85. The SMILES string of the molecule is Cc1ccn2c(CC(=O)O)c(-c3ccc4c(c3)OCO4)nc2c1. The third kappa shape index (κ3) is 2.28. The van der Waals surface area contributed by atoms with E-state index in [2.05, 4.69) is 4.98 Å². The van der Waals surface area contributed by atoms with Crippen LogP contribution in [0, 0.1) is 6.92 Å². The summed E-state index contributed by atoms with van der Waals surface area (Å²) in [4.78, 5) is 15.9. The second-order valence-corrected chi connectivity index (χ2v) is 5.48. The third-order valence-corrected chi connectivity index (χ3v) is 3.85. The van der Waals surface area contributed by atoms with Gasteiger partial charge < -0.3 is 19.0 Å². The number of aryl methyl sites for hydroxylation is 1. The Morgan fingerprint density at radius 3 is 2.91 bits per heavy atom. The summed E-state index contributed by atoms with van der Waals surface area (Å²) < 4.78 is 12.5. The normalized spacial score (nSPS) is 12.7. The summed E-state index contributed by atoms with van der Waals surface area (Å²) in [7, 11) is 0. The lowest BCUT2D eigenvalue weighted by atomic mass is 10.1. The van der Waals surface area contributed by atoms with Crippen LogP contribution in [0.5, 0.6) is 11.5 Å². The molecule has 1 aliphatic rings. The van der Waals surface area contributed by atoms with Gasteiger partial charge in [0.05, 0.1) is 17.8 Å². The number of fused-ring (bicyclic) bond motifs is 2. The molecular formula is C17H14N2O4. The quantitative estimate of drug-likeness (QED) is 0.805. The predicted molar refractivity (Wildman–Crippen MR) is 82.8 cm³/mol. The van der Waals surface area contributed by atoms with Crippen molar-refractivity contribution in [3.05, 3.63) is 47.8 Å². The molecule has 0 fully saturated rings. The van der Waals surface area contributed by atoms with Gasteiger partial charge >= 0.3 is 5.97 Å². The number of pyridine rings is 1. The van der Waals surface area contributed by atoms with E-state index in [1.165, 1.54) is 0 Å². The Morgan fingerprint density at radius 2 is 2.09 bits per heavy atom. The van der Waals surface area contributed by atoms with E-state index < -0.39 is 5.97 Å². The number of imidazole rings is 1. The summed E-state index contributed by atoms with van der Waals surface area (Å²) in [5.74, 6) is 0.444. The minimum Gasteiger partial charge on any atom is -0.481 e. The lowest BCUT2D eigenvalue weighted by molar-refractivity contribution is -0.136. The molecule has 0 saturated carbocycles. The molecule has 0 spiro atoms. The summed E-state index contributed by atoms with van der Waals surface area (Å²) in [6, 6.07) is 9.39. The van der Waals surface area contributed by atoms with E-state index in [0.29, 0.717) is 22.9 Å². The molecule has 0 saturated heterocycles. The van der Waals surface area contributed by atoms with Crippen LogP contribution in [0.1, 0.15) is 11.3 Å². The summed E-state index contributed by atoms with van der Waals surface area (Å²) in [5.41, 5.74) is 3.91. The maximum Gasteiger partial charge on any atom is 0.309 e. The van der Waals surface area contributed by atoms with Gasteiger partial charge in [-0.2, -0.15) is 0 Å². The number of nitrogens with zero attached hydrogens (tertiary/aromatic N) is 2. The molecular weight excluding hydrogens is 296 g/mol. The Morgan fingerprint density at radius 1 is 1.26 bits per heavy atom. The molecule has 0 unspecified atom stereocenters. The topological polar surface area (TPSA) is 73.1 Å². The Balaban J connectivity index is 1.92. The van der Waals surface area contributed by atoms with Gasteiger partial charge in [0.15, 0.2) is 11.5 Å². The number of carboxylic acid groups (broad SMARTS) is 1. The average Bonchev–Trinajstić information content (AvgIpc) is 3.10. The highest BCUT2D eigenvalue weighted by atomic mass is 16.7. The molecule has 3 aromatic rings. The van der Waals surface area contributed by atoms with Crippen LogP contribution in [0.3, 0.4) is 0 Å². The maximum atomic E-state index is 11.3. The highest BCUT2D eigenvalue weighted by molar-refractivity contribution is 5.77. The second kappa shape index (κ2) is 5.01. The minimum atomic E-state index is -0.894. The smallest absolute Gasteiger partial charge is 0.309 e. The van der Waals surface area contributed by atoms with Crippen LogP contribution in [0.15, 0.2) is 36.5 Å². The van der Waals surface area contributed by atoms with Gasteiger partial charge in [0.1, 0.15) is 5.65 Å². The number of ether oxygens (including phenoxy) is 2. The standard InChI is InChI=1S/C17H14N2O4/c1-10-4-5-19-12(8-16(20)21)17(18-15(19)6-10)11-2-3-13-14(7-11)23-9-22-13/h2-7H,8-9H2,1H3,(H,20,21). The number of hydrogen-bond donors (Lipinski definition) is 1. The van der Waals surface area contributed by atoms with Gasteiger partial charge in [-0.15, -0.1) is 0 Å². The monoisotopic (exact) mass is 310 g/mol. The number of hydrogen-bond acceptors (Lipinski definition) is 4. The summed E-state index contributed by atoms with van der Waals surface area (Å²) in [5, 5.41) is 9.24. The van der Waals surface area contributed by atoms with Crippen molar-refractivity contribution in [3.8, 4) is 22.8 Å². The lowest BCUT2D eigenvalue weighted by Crippen LogP contribution is -2.04. The fourth-order valence-corrected chi connectivity index (χ4v) is 2.78. The molecule has 23 heavy (non-hydrogen) atoms. The van der Waals surface area contributed by atoms with Gasteiger partial charge in [-0.05, 0) is 42.8 Å². The minimum absolute atomic E-state index is 0.103. The van der Waals surface area contributed by atoms with Gasteiger partial charge in [-0.3, -0.25) is 4.79 Å². The summed E-state index contributed by atoms with van der Waals surface area (Å²) in [6.45, 7) is 2.18. The lowest BCUT2D eigenvalue weighted by Gasteiger charge is -2.04. The molecule has 0 radical (unpaired) electrons. The van der Waals surface area contributed by atoms with E-state index >= 15 is 0 Å². The van der Waals surface area contributed by atoms with Crippen molar-refractivity contribution in [2.75, 3.05) is 6.79 Å². The van der Waals surface area contributed by atoms with Crippen LogP contribution in [0.2, 0.25) is 0 Å². The van der Waals surface area contributed by atoms with E-state index in [4.69, 9.17) is 9.47 Å². The Hall–Kier alpha value is -3.02. The highest BCUT2D eigenvalue weighted by Crippen LogP contribution is 2.36. The molecule has 1 aromatic carbocycles. The average molecular weight is 310 g/mol. The van der Waals surface area contributed by atoms with E-state index in [-0.39, 0.29) is 13.2 Å². The predicted octanol–water partition coefficient (Wildman–Crippen LogP) is 2.67. The molecule has 1 N–H and O–H groups in total. The van der Waals surface area contributed by atoms with Crippen LogP contribution in [-0.4, -0.2) is 27.3 Å². The number of rotatable bonds is 3. The molecule has 1 aliphatic heterocycles. The van der Waals surface area contributed by atoms with E-state index in [1.807, 2.05) is 47.9 Å². The first-order chi connectivity index (χ1) is 11.1. The number of aromatic nitrogens is 2. The fourth-order valence-electron chi connectivity index (χ4n) is 2.78. The van der Waals surface area contributed by atoms with Gasteiger partial charge in [0.25, 0.3) is 0 Å². The van der Waals surface area contributed by atoms with Crippen LogP contribution in [0.4, 0.5) is 0 Å². The fraction of sp³-hybridized carbons (Fsp3) is 0.176. The first-order valence-corrected chi connectivity index (χ1v) is 7.21. The van der Waals surface area contributed by atoms with Crippen LogP contribution < -0.4 is 9.47 Å². The zero-order valence-corrected chi connectivity index (χ0v) is 12.4. The molecule has 3 heterocycles.